The van der Waals surface area contributed by atoms with Gasteiger partial charge < -0.3 is 10.2 Å². The first-order chi connectivity index (χ1) is 8.00. The SMILES string of the molecule is CC1CN(C(=O)c2cccnc2)C(C)(C)CN1. The van der Waals surface area contributed by atoms with Crippen LogP contribution in [0.3, 0.4) is 0 Å². The number of carbonyl (C=O) groups is 1. The van der Waals surface area contributed by atoms with Gasteiger partial charge in [-0.3, -0.25) is 9.78 Å². The van der Waals surface area contributed by atoms with Crippen molar-refractivity contribution in [2.24, 2.45) is 0 Å². The molecule has 1 amide bonds. The maximum absolute atomic E-state index is 12.4. The van der Waals surface area contributed by atoms with Crippen LogP contribution in [0.1, 0.15) is 31.1 Å². The standard InChI is InChI=1S/C13H19N3O/c1-10-8-16(13(2,3)9-15-10)12(17)11-5-4-6-14-7-11/h4-7,10,15H,8-9H2,1-3H3. The number of pyridine rings is 1. The molecule has 1 aliphatic rings. The Labute approximate surface area is 102 Å². The van der Waals surface area contributed by atoms with Gasteiger partial charge in [-0.15, -0.1) is 0 Å². The van der Waals surface area contributed by atoms with Crippen molar-refractivity contribution in [1.82, 2.24) is 15.2 Å². The van der Waals surface area contributed by atoms with Crippen LogP contribution in [-0.2, 0) is 0 Å². The van der Waals surface area contributed by atoms with Crippen molar-refractivity contribution in [2.75, 3.05) is 13.1 Å². The third-order valence-electron chi connectivity index (χ3n) is 3.22. The molecule has 0 saturated carbocycles. The molecule has 1 aliphatic heterocycles. The van der Waals surface area contributed by atoms with E-state index >= 15 is 0 Å². The van der Waals surface area contributed by atoms with E-state index in [-0.39, 0.29) is 11.4 Å². The summed E-state index contributed by atoms with van der Waals surface area (Å²) in [5.41, 5.74) is 0.508. The van der Waals surface area contributed by atoms with Gasteiger partial charge in [-0.2, -0.15) is 0 Å². The summed E-state index contributed by atoms with van der Waals surface area (Å²) >= 11 is 0. The third kappa shape index (κ3) is 2.47. The van der Waals surface area contributed by atoms with Crippen LogP contribution in [0.25, 0.3) is 0 Å². The van der Waals surface area contributed by atoms with Gasteiger partial charge in [0.25, 0.3) is 5.91 Å². The molecule has 4 nitrogen and oxygen atoms in total. The van der Waals surface area contributed by atoms with Crippen molar-refractivity contribution in [3.63, 3.8) is 0 Å². The van der Waals surface area contributed by atoms with Gasteiger partial charge >= 0.3 is 0 Å². The second-order valence-electron chi connectivity index (χ2n) is 5.25. The van der Waals surface area contributed by atoms with Crippen LogP contribution in [0.2, 0.25) is 0 Å². The summed E-state index contributed by atoms with van der Waals surface area (Å²) in [5.74, 6) is 0.0662. The number of nitrogens with one attached hydrogen (secondary N) is 1. The zero-order valence-electron chi connectivity index (χ0n) is 10.6. The van der Waals surface area contributed by atoms with Gasteiger partial charge in [-0.1, -0.05) is 0 Å². The molecule has 1 aromatic rings. The van der Waals surface area contributed by atoms with Crippen molar-refractivity contribution in [3.05, 3.63) is 30.1 Å². The second kappa shape index (κ2) is 4.45. The number of nitrogens with zero attached hydrogens (tertiary/aromatic N) is 2. The molecule has 0 aliphatic carbocycles. The largest absolute Gasteiger partial charge is 0.331 e. The average molecular weight is 233 g/mol. The highest BCUT2D eigenvalue weighted by molar-refractivity contribution is 5.94. The van der Waals surface area contributed by atoms with Crippen LogP contribution >= 0.6 is 0 Å². The van der Waals surface area contributed by atoms with E-state index in [1.807, 2.05) is 11.0 Å². The average Bonchev–Trinajstić information content (AvgIpc) is 2.33. The molecule has 17 heavy (non-hydrogen) atoms. The summed E-state index contributed by atoms with van der Waals surface area (Å²) in [6.45, 7) is 7.82. The summed E-state index contributed by atoms with van der Waals surface area (Å²) in [5, 5.41) is 3.40. The molecule has 1 atom stereocenters. The van der Waals surface area contributed by atoms with Crippen molar-refractivity contribution in [2.45, 2.75) is 32.4 Å². The highest BCUT2D eigenvalue weighted by Crippen LogP contribution is 2.21. The summed E-state index contributed by atoms with van der Waals surface area (Å²) in [7, 11) is 0. The second-order valence-corrected chi connectivity index (χ2v) is 5.25. The number of hydrogen-bond donors (Lipinski definition) is 1. The van der Waals surface area contributed by atoms with E-state index in [0.29, 0.717) is 11.6 Å². The number of carbonyl (C=O) groups excluding carboxylic acids is 1. The van der Waals surface area contributed by atoms with Crippen molar-refractivity contribution in [1.29, 1.82) is 0 Å². The Bertz CT molecular complexity index is 402. The van der Waals surface area contributed by atoms with E-state index in [9.17, 15) is 4.79 Å². The fourth-order valence-corrected chi connectivity index (χ4v) is 2.11. The maximum atomic E-state index is 12.4. The number of hydrogen-bond acceptors (Lipinski definition) is 3. The van der Waals surface area contributed by atoms with Crippen LogP contribution in [-0.4, -0.2) is 40.5 Å². The van der Waals surface area contributed by atoms with E-state index in [1.165, 1.54) is 0 Å². The van der Waals surface area contributed by atoms with Crippen LogP contribution in [0, 0.1) is 0 Å². The zero-order chi connectivity index (χ0) is 12.5. The molecule has 1 unspecified atom stereocenters. The van der Waals surface area contributed by atoms with E-state index in [0.717, 1.165) is 13.1 Å². The smallest absolute Gasteiger partial charge is 0.255 e. The zero-order valence-corrected chi connectivity index (χ0v) is 10.6. The van der Waals surface area contributed by atoms with Crippen LogP contribution in [0.15, 0.2) is 24.5 Å². The molecule has 1 fully saturated rings. The molecular formula is C13H19N3O. The van der Waals surface area contributed by atoms with Gasteiger partial charge in [0.2, 0.25) is 0 Å². The molecule has 2 heterocycles. The minimum absolute atomic E-state index is 0.0662. The van der Waals surface area contributed by atoms with Crippen LogP contribution < -0.4 is 5.32 Å². The number of amides is 1. The number of piperazine rings is 1. The Morgan fingerprint density at radius 2 is 2.35 bits per heavy atom. The summed E-state index contributed by atoms with van der Waals surface area (Å²) in [4.78, 5) is 18.4. The van der Waals surface area contributed by atoms with Gasteiger partial charge in [0.15, 0.2) is 0 Å². The minimum atomic E-state index is -0.153. The summed E-state index contributed by atoms with van der Waals surface area (Å²) in [6.07, 6.45) is 3.31. The lowest BCUT2D eigenvalue weighted by Crippen LogP contribution is -2.62. The highest BCUT2D eigenvalue weighted by atomic mass is 16.2. The summed E-state index contributed by atoms with van der Waals surface area (Å²) < 4.78 is 0. The van der Waals surface area contributed by atoms with Gasteiger partial charge in [0.1, 0.15) is 0 Å². The van der Waals surface area contributed by atoms with E-state index in [2.05, 4.69) is 31.1 Å². The molecule has 0 radical (unpaired) electrons. The molecule has 0 spiro atoms. The molecular weight excluding hydrogens is 214 g/mol. The fourth-order valence-electron chi connectivity index (χ4n) is 2.11. The van der Waals surface area contributed by atoms with Crippen molar-refractivity contribution < 1.29 is 4.79 Å². The maximum Gasteiger partial charge on any atom is 0.255 e. The first kappa shape index (κ1) is 12.0. The van der Waals surface area contributed by atoms with Gasteiger partial charge in [0.05, 0.1) is 11.1 Å². The lowest BCUT2D eigenvalue weighted by Gasteiger charge is -2.45. The Morgan fingerprint density at radius 1 is 1.59 bits per heavy atom. The fraction of sp³-hybridized carbons (Fsp3) is 0.538. The van der Waals surface area contributed by atoms with Gasteiger partial charge in [-0.25, -0.2) is 0 Å². The molecule has 1 N–H and O–H groups in total. The molecule has 2 rings (SSSR count). The Hall–Kier alpha value is -1.42. The first-order valence-electron chi connectivity index (χ1n) is 5.96. The van der Waals surface area contributed by atoms with Gasteiger partial charge in [-0.05, 0) is 32.9 Å². The van der Waals surface area contributed by atoms with Crippen molar-refractivity contribution >= 4 is 5.91 Å². The molecule has 92 valence electrons. The monoisotopic (exact) mass is 233 g/mol. The number of aromatic nitrogens is 1. The predicted molar refractivity (Wildman–Crippen MR) is 66.8 cm³/mol. The predicted octanol–water partition coefficient (Wildman–Crippen LogP) is 1.29. The lowest BCUT2D eigenvalue weighted by molar-refractivity contribution is 0.0410. The van der Waals surface area contributed by atoms with Gasteiger partial charge in [0, 0.05) is 31.5 Å². The van der Waals surface area contributed by atoms with Crippen molar-refractivity contribution in [3.8, 4) is 0 Å². The normalized spacial score (nSPS) is 23.5. The number of rotatable bonds is 1. The van der Waals surface area contributed by atoms with E-state index < -0.39 is 0 Å². The highest BCUT2D eigenvalue weighted by Gasteiger charge is 2.36. The Balaban J connectivity index is 2.23. The minimum Gasteiger partial charge on any atom is -0.331 e. The lowest BCUT2D eigenvalue weighted by atomic mass is 9.97. The molecule has 0 bridgehead atoms. The summed E-state index contributed by atoms with van der Waals surface area (Å²) in [6, 6.07) is 3.95. The third-order valence-corrected chi connectivity index (χ3v) is 3.22. The first-order valence-corrected chi connectivity index (χ1v) is 5.96. The Morgan fingerprint density at radius 3 is 3.00 bits per heavy atom. The van der Waals surface area contributed by atoms with Crippen LogP contribution in [0.4, 0.5) is 0 Å². The van der Waals surface area contributed by atoms with E-state index in [4.69, 9.17) is 0 Å². The Kier molecular flexibility index (Phi) is 3.15. The molecule has 0 aromatic carbocycles. The van der Waals surface area contributed by atoms with Crippen LogP contribution in [0.5, 0.6) is 0 Å². The topological polar surface area (TPSA) is 45.2 Å². The quantitative estimate of drug-likeness (QED) is 0.795. The molecule has 1 aromatic heterocycles. The van der Waals surface area contributed by atoms with E-state index in [1.54, 1.807) is 18.5 Å². The molecule has 1 saturated heterocycles. The molecule has 4 heteroatoms.